The Morgan fingerprint density at radius 2 is 1.15 bits per heavy atom. The molecule has 0 amide bonds. The molecule has 3 unspecified atom stereocenters. The molecule has 6 heteroatoms. The quantitative estimate of drug-likeness (QED) is 0.288. The summed E-state index contributed by atoms with van der Waals surface area (Å²) >= 11 is 0. The summed E-state index contributed by atoms with van der Waals surface area (Å²) in [5.74, 6) is -0.149. The van der Waals surface area contributed by atoms with Crippen LogP contribution in [-0.2, 0) is 16.2 Å². The smallest absolute Gasteiger partial charge is 0.324 e. The summed E-state index contributed by atoms with van der Waals surface area (Å²) in [7, 11) is -2.62. The maximum absolute atomic E-state index is 11.7. The molecule has 0 spiro atoms. The second-order valence-electron chi connectivity index (χ2n) is 12.2. The van der Waals surface area contributed by atoms with Crippen molar-refractivity contribution in [2.24, 2.45) is 5.92 Å². The molecule has 0 aliphatic rings. The number of rotatable bonds is 7. The number of benzene rings is 1. The minimum atomic E-state index is -2.62. The van der Waals surface area contributed by atoms with E-state index in [1.807, 2.05) is 0 Å². The van der Waals surface area contributed by atoms with Crippen molar-refractivity contribution in [3.05, 3.63) is 34.4 Å². The van der Waals surface area contributed by atoms with Gasteiger partial charge in [0.25, 0.3) is 0 Å². The summed E-state index contributed by atoms with van der Waals surface area (Å²) in [4.78, 5) is 21.7. The predicted molar refractivity (Wildman–Crippen MR) is 140 cm³/mol. The van der Waals surface area contributed by atoms with Crippen molar-refractivity contribution in [2.45, 2.75) is 130 Å². The van der Waals surface area contributed by atoms with Crippen LogP contribution in [-0.4, -0.2) is 31.0 Å². The van der Waals surface area contributed by atoms with Crippen LogP contribution in [0.5, 0.6) is 0 Å². The Hall–Kier alpha value is -0.550. The minimum Gasteiger partial charge on any atom is -0.393 e. The van der Waals surface area contributed by atoms with Crippen LogP contribution in [0.3, 0.4) is 0 Å². The second-order valence-corrected chi connectivity index (χ2v) is 12.8. The Balaban J connectivity index is 0.00000235. The van der Waals surface area contributed by atoms with Gasteiger partial charge >= 0.3 is 8.60 Å². The van der Waals surface area contributed by atoms with Gasteiger partial charge in [-0.3, -0.25) is 0 Å². The van der Waals surface area contributed by atoms with Crippen LogP contribution in [0, 0.1) is 5.92 Å². The molecule has 1 rings (SSSR count). The highest BCUT2D eigenvalue weighted by molar-refractivity contribution is 7.38. The highest BCUT2D eigenvalue weighted by atomic mass is 31.2. The predicted octanol–water partition coefficient (Wildman–Crippen LogP) is 6.38. The van der Waals surface area contributed by atoms with Gasteiger partial charge < -0.3 is 24.9 Å². The average Bonchev–Trinajstić information content (AvgIpc) is 2.63. The molecule has 0 fully saturated rings. The van der Waals surface area contributed by atoms with Gasteiger partial charge in [0.05, 0.1) is 12.2 Å². The van der Waals surface area contributed by atoms with Gasteiger partial charge in [0.1, 0.15) is 0 Å². The highest BCUT2D eigenvalue weighted by Crippen LogP contribution is 2.44. The molecule has 5 nitrogen and oxygen atoms in total. The maximum atomic E-state index is 11.7. The fourth-order valence-electron chi connectivity index (χ4n) is 4.19. The summed E-state index contributed by atoms with van der Waals surface area (Å²) in [6, 6.07) is 4.61. The summed E-state index contributed by atoms with van der Waals surface area (Å²) in [5.41, 5.74) is 4.62. The van der Waals surface area contributed by atoms with Crippen LogP contribution >= 0.6 is 8.60 Å². The molecule has 3 atom stereocenters. The van der Waals surface area contributed by atoms with E-state index in [0.29, 0.717) is 0 Å². The van der Waals surface area contributed by atoms with Crippen LogP contribution in [0.2, 0.25) is 0 Å². The monoisotopic (exact) mass is 486 g/mol. The van der Waals surface area contributed by atoms with Gasteiger partial charge in [0, 0.05) is 5.92 Å². The van der Waals surface area contributed by atoms with Crippen molar-refractivity contribution in [1.29, 1.82) is 0 Å². The van der Waals surface area contributed by atoms with Crippen LogP contribution < -0.4 is 0 Å². The van der Waals surface area contributed by atoms with Crippen LogP contribution in [0.1, 0.15) is 130 Å². The lowest BCUT2D eigenvalue weighted by Crippen LogP contribution is -2.32. The van der Waals surface area contributed by atoms with E-state index >= 15 is 0 Å². The average molecular weight is 487 g/mol. The fourth-order valence-corrected chi connectivity index (χ4v) is 4.19. The van der Waals surface area contributed by atoms with E-state index in [0.717, 1.165) is 31.2 Å². The molecule has 0 aliphatic carbocycles. The third-order valence-electron chi connectivity index (χ3n) is 6.18. The van der Waals surface area contributed by atoms with E-state index in [1.54, 1.807) is 0 Å². The number of hydrogen-bond acceptors (Lipinski definition) is 5. The SMILES string of the molecule is CCCCC(O)C(CC)C(O)c1c(C(C)(C)C)cc(C(C)(C)C)cc1C(C)(C)C.OP(O)O. The van der Waals surface area contributed by atoms with Crippen molar-refractivity contribution < 1.29 is 24.9 Å². The standard InChI is InChI=1S/C27H48O2.H3O3P/c1-12-14-15-22(28)19(13-2)24(29)23-20(26(6,7)8)16-18(25(3,4)5)17-21(23)27(9,10)11;1-4(2)3/h16-17,19,22,24,28-29H,12-15H2,1-11H3;1-3H. The molecule has 0 saturated heterocycles. The molecule has 0 saturated carbocycles. The van der Waals surface area contributed by atoms with E-state index in [1.165, 1.54) is 16.7 Å². The lowest BCUT2D eigenvalue weighted by Gasteiger charge is -2.38. The van der Waals surface area contributed by atoms with Crippen molar-refractivity contribution >= 4 is 8.60 Å². The molecule has 194 valence electrons. The van der Waals surface area contributed by atoms with Gasteiger partial charge in [0.15, 0.2) is 0 Å². The van der Waals surface area contributed by atoms with Crippen molar-refractivity contribution in [3.63, 3.8) is 0 Å². The Kier molecular flexibility index (Phi) is 12.7. The van der Waals surface area contributed by atoms with Gasteiger partial charge in [0.2, 0.25) is 0 Å². The maximum Gasteiger partial charge on any atom is 0.324 e. The molecule has 0 radical (unpaired) electrons. The van der Waals surface area contributed by atoms with Crippen molar-refractivity contribution in [3.8, 4) is 0 Å². The van der Waals surface area contributed by atoms with Crippen LogP contribution in [0.25, 0.3) is 0 Å². The summed E-state index contributed by atoms with van der Waals surface area (Å²) in [6.45, 7) is 24.3. The van der Waals surface area contributed by atoms with E-state index in [2.05, 4.69) is 88.3 Å². The summed E-state index contributed by atoms with van der Waals surface area (Å²) in [5, 5.41) is 22.6. The molecule has 5 N–H and O–H groups in total. The van der Waals surface area contributed by atoms with Gasteiger partial charge in [-0.1, -0.05) is 101 Å². The van der Waals surface area contributed by atoms with Crippen molar-refractivity contribution in [2.75, 3.05) is 0 Å². The van der Waals surface area contributed by atoms with Crippen molar-refractivity contribution in [1.82, 2.24) is 0 Å². The molecule has 1 aromatic carbocycles. The third-order valence-corrected chi connectivity index (χ3v) is 6.18. The van der Waals surface area contributed by atoms with Gasteiger partial charge in [-0.15, -0.1) is 0 Å². The Morgan fingerprint density at radius 3 is 1.42 bits per heavy atom. The molecule has 0 aromatic heterocycles. The number of aliphatic hydroxyl groups excluding tert-OH is 2. The number of unbranched alkanes of at least 4 members (excludes halogenated alkanes) is 1. The molecule has 0 aliphatic heterocycles. The number of hydrogen-bond donors (Lipinski definition) is 5. The first-order valence-corrected chi connectivity index (χ1v) is 13.4. The fraction of sp³-hybridized carbons (Fsp3) is 0.778. The third kappa shape index (κ3) is 10.3. The second kappa shape index (κ2) is 13.0. The van der Waals surface area contributed by atoms with Gasteiger partial charge in [-0.25, -0.2) is 0 Å². The zero-order chi connectivity index (χ0) is 26.4. The van der Waals surface area contributed by atoms with E-state index < -0.39 is 20.8 Å². The lowest BCUT2D eigenvalue weighted by molar-refractivity contribution is 0.00260. The van der Waals surface area contributed by atoms with E-state index in [9.17, 15) is 10.2 Å². The van der Waals surface area contributed by atoms with Crippen LogP contribution in [0.15, 0.2) is 12.1 Å². The molecular formula is C27H51O5P. The van der Waals surface area contributed by atoms with E-state index in [-0.39, 0.29) is 22.2 Å². The Labute approximate surface area is 204 Å². The molecular weight excluding hydrogens is 435 g/mol. The minimum absolute atomic E-state index is 0.0360. The molecule has 0 heterocycles. The first-order chi connectivity index (χ1) is 14.8. The zero-order valence-corrected chi connectivity index (χ0v) is 23.8. The Bertz CT molecular complexity index is 673. The first kappa shape index (κ1) is 32.5. The normalized spacial score (nSPS) is 15.7. The summed E-state index contributed by atoms with van der Waals surface area (Å²) in [6.07, 6.45) is 2.43. The van der Waals surface area contributed by atoms with Crippen LogP contribution in [0.4, 0.5) is 0 Å². The van der Waals surface area contributed by atoms with Gasteiger partial charge in [-0.05, 0) is 51.3 Å². The lowest BCUT2D eigenvalue weighted by atomic mass is 9.69. The Morgan fingerprint density at radius 1 is 0.758 bits per heavy atom. The largest absolute Gasteiger partial charge is 0.393 e. The molecule has 0 bridgehead atoms. The zero-order valence-electron chi connectivity index (χ0n) is 22.9. The number of aliphatic hydroxyl groups is 2. The molecule has 1 aromatic rings. The van der Waals surface area contributed by atoms with Gasteiger partial charge in [-0.2, -0.15) is 0 Å². The topological polar surface area (TPSA) is 101 Å². The molecule has 33 heavy (non-hydrogen) atoms. The first-order valence-electron chi connectivity index (χ1n) is 12.2. The summed E-state index contributed by atoms with van der Waals surface area (Å²) < 4.78 is 0. The van der Waals surface area contributed by atoms with E-state index in [4.69, 9.17) is 14.7 Å². The highest BCUT2D eigenvalue weighted by Gasteiger charge is 2.36.